The SMILES string of the molecule is CC(C)CCC[C@@H](C)[C@H]1CCC2C3CC=C4C[C@@H](Cl)CC[C@]4(C)[C@H]3CCC21C. The molecule has 0 radical (unpaired) electrons. The Labute approximate surface area is 180 Å². The van der Waals surface area contributed by atoms with Gasteiger partial charge in [-0.15, -0.1) is 11.6 Å². The third kappa shape index (κ3) is 3.52. The van der Waals surface area contributed by atoms with Crippen molar-refractivity contribution in [3.63, 3.8) is 0 Å². The van der Waals surface area contributed by atoms with Crippen LogP contribution >= 0.6 is 11.6 Å². The highest BCUT2D eigenvalue weighted by Crippen LogP contribution is 2.67. The second-order valence-corrected chi connectivity index (χ2v) is 12.7. The Balaban J connectivity index is 1.49. The predicted molar refractivity (Wildman–Crippen MR) is 123 cm³/mol. The number of halogens is 1. The number of alkyl halides is 1. The van der Waals surface area contributed by atoms with Crippen molar-refractivity contribution in [3.8, 4) is 0 Å². The first-order valence-electron chi connectivity index (χ1n) is 12.6. The molecule has 160 valence electrons. The standard InChI is InChI=1S/C27H45Cl/c1-18(2)7-6-8-19(3)23-11-12-24-22-10-9-20-17-21(28)13-15-26(20,4)25(22)14-16-27(23,24)5/h9,18-19,21-25H,6-8,10-17H2,1-5H3/t19-,21+,22?,23-,24?,25+,26+,27?/m1/s1. The van der Waals surface area contributed by atoms with Crippen LogP contribution in [0.3, 0.4) is 0 Å². The third-order valence-electron chi connectivity index (χ3n) is 10.2. The van der Waals surface area contributed by atoms with Crippen LogP contribution in [0.1, 0.15) is 105 Å². The monoisotopic (exact) mass is 404 g/mol. The summed E-state index contributed by atoms with van der Waals surface area (Å²) in [7, 11) is 0. The van der Waals surface area contributed by atoms with Crippen LogP contribution in [-0.2, 0) is 0 Å². The molecule has 3 fully saturated rings. The van der Waals surface area contributed by atoms with E-state index in [9.17, 15) is 0 Å². The Bertz CT molecular complexity index is 591. The molecule has 4 aliphatic rings. The first-order valence-corrected chi connectivity index (χ1v) is 13.0. The van der Waals surface area contributed by atoms with E-state index in [1.807, 2.05) is 0 Å². The van der Waals surface area contributed by atoms with Crippen LogP contribution in [0.25, 0.3) is 0 Å². The molecule has 0 aromatic rings. The molecule has 0 saturated heterocycles. The fraction of sp³-hybridized carbons (Fsp3) is 0.926. The lowest BCUT2D eigenvalue weighted by atomic mass is 9.47. The van der Waals surface area contributed by atoms with E-state index in [0.29, 0.717) is 16.2 Å². The minimum atomic E-state index is 0.396. The maximum Gasteiger partial charge on any atom is 0.0373 e. The van der Waals surface area contributed by atoms with Crippen molar-refractivity contribution in [1.82, 2.24) is 0 Å². The Morgan fingerprint density at radius 2 is 1.79 bits per heavy atom. The van der Waals surface area contributed by atoms with Crippen molar-refractivity contribution in [1.29, 1.82) is 0 Å². The minimum Gasteiger partial charge on any atom is -0.123 e. The molecular weight excluding hydrogens is 360 g/mol. The predicted octanol–water partition coefficient (Wildman–Crippen LogP) is 8.64. The van der Waals surface area contributed by atoms with E-state index >= 15 is 0 Å². The summed E-state index contributed by atoms with van der Waals surface area (Å²) in [6, 6.07) is 0. The van der Waals surface area contributed by atoms with Gasteiger partial charge in [-0.25, -0.2) is 0 Å². The molecule has 4 aliphatic carbocycles. The Hall–Kier alpha value is 0.0300. The summed E-state index contributed by atoms with van der Waals surface area (Å²) in [5.74, 6) is 5.62. The average molecular weight is 405 g/mol. The number of hydrogen-bond acceptors (Lipinski definition) is 0. The van der Waals surface area contributed by atoms with Crippen LogP contribution in [0.15, 0.2) is 11.6 Å². The molecule has 1 heteroatoms. The lowest BCUT2D eigenvalue weighted by Crippen LogP contribution is -2.50. The van der Waals surface area contributed by atoms with Gasteiger partial charge in [0.1, 0.15) is 0 Å². The van der Waals surface area contributed by atoms with Crippen LogP contribution in [0.4, 0.5) is 0 Å². The molecule has 3 saturated carbocycles. The zero-order valence-corrected chi connectivity index (χ0v) is 20.0. The molecule has 0 spiro atoms. The Kier molecular flexibility index (Phi) is 6.03. The molecule has 4 rings (SSSR count). The van der Waals surface area contributed by atoms with Gasteiger partial charge in [-0.2, -0.15) is 0 Å². The van der Waals surface area contributed by atoms with E-state index in [1.165, 1.54) is 70.6 Å². The molecule has 0 bridgehead atoms. The summed E-state index contributed by atoms with van der Waals surface area (Å²) >= 11 is 6.56. The van der Waals surface area contributed by atoms with Crippen molar-refractivity contribution >= 4 is 11.6 Å². The highest BCUT2D eigenvalue weighted by Gasteiger charge is 2.58. The topological polar surface area (TPSA) is 0 Å². The van der Waals surface area contributed by atoms with Crippen molar-refractivity contribution in [2.45, 2.75) is 111 Å². The number of fused-ring (bicyclic) bond motifs is 5. The van der Waals surface area contributed by atoms with Gasteiger partial charge in [-0.1, -0.05) is 65.5 Å². The summed E-state index contributed by atoms with van der Waals surface area (Å²) in [6.07, 6.45) is 18.0. The van der Waals surface area contributed by atoms with E-state index in [4.69, 9.17) is 11.6 Å². The van der Waals surface area contributed by atoms with E-state index in [2.05, 4.69) is 40.7 Å². The van der Waals surface area contributed by atoms with Gasteiger partial charge in [-0.3, -0.25) is 0 Å². The van der Waals surface area contributed by atoms with Crippen LogP contribution in [0, 0.1) is 46.3 Å². The van der Waals surface area contributed by atoms with Crippen molar-refractivity contribution in [2.75, 3.05) is 0 Å². The molecule has 28 heavy (non-hydrogen) atoms. The van der Waals surface area contributed by atoms with E-state index in [1.54, 1.807) is 5.57 Å². The summed E-state index contributed by atoms with van der Waals surface area (Å²) in [4.78, 5) is 0. The molecule has 8 atom stereocenters. The van der Waals surface area contributed by atoms with Crippen LogP contribution in [0.2, 0.25) is 0 Å². The fourth-order valence-electron chi connectivity index (χ4n) is 8.64. The molecule has 0 aromatic heterocycles. The van der Waals surface area contributed by atoms with Gasteiger partial charge < -0.3 is 0 Å². The summed E-state index contributed by atoms with van der Waals surface area (Å²) in [6.45, 7) is 12.7. The molecule has 0 N–H and O–H groups in total. The zero-order chi connectivity index (χ0) is 20.1. The number of allylic oxidation sites excluding steroid dienone is 2. The summed E-state index contributed by atoms with van der Waals surface area (Å²) in [5, 5.41) is 0.396. The van der Waals surface area contributed by atoms with Gasteiger partial charge in [0.05, 0.1) is 0 Å². The maximum absolute atomic E-state index is 6.56. The van der Waals surface area contributed by atoms with Crippen LogP contribution in [0.5, 0.6) is 0 Å². The average Bonchev–Trinajstić information content (AvgIpc) is 2.99. The van der Waals surface area contributed by atoms with Crippen molar-refractivity contribution < 1.29 is 0 Å². The maximum atomic E-state index is 6.56. The largest absolute Gasteiger partial charge is 0.123 e. The first kappa shape index (κ1) is 21.3. The van der Waals surface area contributed by atoms with Gasteiger partial charge in [0.25, 0.3) is 0 Å². The van der Waals surface area contributed by atoms with Crippen molar-refractivity contribution in [2.24, 2.45) is 46.3 Å². The quantitative estimate of drug-likeness (QED) is 0.317. The van der Waals surface area contributed by atoms with E-state index in [0.717, 1.165) is 35.5 Å². The smallest absolute Gasteiger partial charge is 0.0373 e. The highest BCUT2D eigenvalue weighted by molar-refractivity contribution is 6.20. The molecular formula is C27H45Cl. The Morgan fingerprint density at radius 1 is 1.00 bits per heavy atom. The third-order valence-corrected chi connectivity index (χ3v) is 10.6. The highest BCUT2D eigenvalue weighted by atomic mass is 35.5. The van der Waals surface area contributed by atoms with Crippen molar-refractivity contribution in [3.05, 3.63) is 11.6 Å². The molecule has 0 aliphatic heterocycles. The molecule has 0 nitrogen and oxygen atoms in total. The zero-order valence-electron chi connectivity index (χ0n) is 19.3. The molecule has 3 unspecified atom stereocenters. The van der Waals surface area contributed by atoms with Gasteiger partial charge >= 0.3 is 0 Å². The lowest BCUT2D eigenvalue weighted by Gasteiger charge is -2.58. The number of hydrogen-bond donors (Lipinski definition) is 0. The van der Waals surface area contributed by atoms with Gasteiger partial charge in [-0.05, 0) is 97.7 Å². The van der Waals surface area contributed by atoms with E-state index in [-0.39, 0.29) is 0 Å². The molecule has 0 aromatic carbocycles. The van der Waals surface area contributed by atoms with Crippen LogP contribution < -0.4 is 0 Å². The molecule has 0 heterocycles. The second-order valence-electron chi connectivity index (χ2n) is 12.1. The number of rotatable bonds is 5. The van der Waals surface area contributed by atoms with Gasteiger partial charge in [0.2, 0.25) is 0 Å². The minimum absolute atomic E-state index is 0.396. The van der Waals surface area contributed by atoms with E-state index < -0.39 is 0 Å². The summed E-state index contributed by atoms with van der Waals surface area (Å²) < 4.78 is 0. The summed E-state index contributed by atoms with van der Waals surface area (Å²) in [5.41, 5.74) is 2.82. The van der Waals surface area contributed by atoms with Gasteiger partial charge in [0.15, 0.2) is 0 Å². The Morgan fingerprint density at radius 3 is 2.54 bits per heavy atom. The second kappa shape index (κ2) is 7.94. The van der Waals surface area contributed by atoms with Gasteiger partial charge in [0, 0.05) is 5.38 Å². The lowest BCUT2D eigenvalue weighted by molar-refractivity contribution is -0.0498. The molecule has 0 amide bonds. The fourth-order valence-corrected chi connectivity index (χ4v) is 8.92. The first-order chi connectivity index (χ1) is 13.3. The normalized spacial score (nSPS) is 46.5. The van der Waals surface area contributed by atoms with Crippen LogP contribution in [-0.4, -0.2) is 5.38 Å².